The molecular weight excluding hydrogens is 382 g/mol. The fraction of sp³-hybridized carbons (Fsp3) is 0.211. The third-order valence-corrected chi connectivity index (χ3v) is 4.36. The van der Waals surface area contributed by atoms with Crippen molar-refractivity contribution in [2.24, 2.45) is 0 Å². The van der Waals surface area contributed by atoms with Crippen molar-refractivity contribution in [3.05, 3.63) is 70.0 Å². The molecule has 0 radical (unpaired) electrons. The molecule has 0 atom stereocenters. The molecule has 0 aliphatic rings. The smallest absolute Gasteiger partial charge is 0.254 e. The van der Waals surface area contributed by atoms with E-state index in [4.69, 9.17) is 4.52 Å². The zero-order chi connectivity index (χ0) is 17.8. The molecule has 0 unspecified atom stereocenters. The number of carbonyl (C=O) groups is 1. The van der Waals surface area contributed by atoms with E-state index in [1.165, 1.54) is 0 Å². The maximum absolute atomic E-state index is 12.6. The third kappa shape index (κ3) is 4.14. The van der Waals surface area contributed by atoms with E-state index in [-0.39, 0.29) is 12.5 Å². The number of hydrogen-bond donors (Lipinski definition) is 0. The highest BCUT2D eigenvalue weighted by Crippen LogP contribution is 2.18. The molecule has 6 heteroatoms. The van der Waals surface area contributed by atoms with Gasteiger partial charge in [0.1, 0.15) is 6.54 Å². The van der Waals surface area contributed by atoms with E-state index >= 15 is 0 Å². The maximum Gasteiger partial charge on any atom is 0.254 e. The van der Waals surface area contributed by atoms with Gasteiger partial charge in [0.25, 0.3) is 5.91 Å². The topological polar surface area (TPSA) is 59.2 Å². The first-order chi connectivity index (χ1) is 12.1. The number of nitrogens with zero attached hydrogens (tertiary/aromatic N) is 3. The molecule has 3 aromatic rings. The molecule has 0 N–H and O–H groups in total. The summed E-state index contributed by atoms with van der Waals surface area (Å²) in [6.07, 6.45) is 0. The van der Waals surface area contributed by atoms with Gasteiger partial charge in [0.15, 0.2) is 0 Å². The van der Waals surface area contributed by atoms with E-state index in [0.29, 0.717) is 23.8 Å². The van der Waals surface area contributed by atoms with Crippen LogP contribution in [-0.4, -0.2) is 27.5 Å². The third-order valence-electron chi connectivity index (χ3n) is 3.83. The van der Waals surface area contributed by atoms with Gasteiger partial charge in [0.2, 0.25) is 11.7 Å². The fourth-order valence-corrected chi connectivity index (χ4v) is 2.75. The van der Waals surface area contributed by atoms with Crippen LogP contribution in [0.15, 0.2) is 57.5 Å². The molecule has 128 valence electrons. The van der Waals surface area contributed by atoms with Crippen LogP contribution in [0.25, 0.3) is 11.4 Å². The van der Waals surface area contributed by atoms with E-state index in [9.17, 15) is 4.79 Å². The average molecular weight is 400 g/mol. The standard InChI is InChI=1S/C19H18BrN3O2/c1-3-23(19(24)14-7-9-16(20)10-8-14)12-17-21-18(22-25-17)15-6-4-5-13(2)11-15/h4-11H,3,12H2,1-2H3. The summed E-state index contributed by atoms with van der Waals surface area (Å²) >= 11 is 3.37. The number of hydrogen-bond acceptors (Lipinski definition) is 4. The van der Waals surface area contributed by atoms with Gasteiger partial charge in [-0.1, -0.05) is 44.8 Å². The Bertz CT molecular complexity index is 874. The van der Waals surface area contributed by atoms with Crippen molar-refractivity contribution in [3.8, 4) is 11.4 Å². The molecule has 25 heavy (non-hydrogen) atoms. The second-order valence-corrected chi connectivity index (χ2v) is 6.62. The summed E-state index contributed by atoms with van der Waals surface area (Å²) in [5.41, 5.74) is 2.66. The number of carbonyl (C=O) groups excluding carboxylic acids is 1. The lowest BCUT2D eigenvalue weighted by Gasteiger charge is -2.18. The first-order valence-electron chi connectivity index (χ1n) is 8.01. The number of aryl methyl sites for hydroxylation is 1. The normalized spacial score (nSPS) is 10.7. The Morgan fingerprint density at radius 2 is 1.96 bits per heavy atom. The van der Waals surface area contributed by atoms with Gasteiger partial charge in [0, 0.05) is 22.1 Å². The summed E-state index contributed by atoms with van der Waals surface area (Å²) in [5.74, 6) is 0.889. The molecular formula is C19H18BrN3O2. The molecule has 1 heterocycles. The first-order valence-corrected chi connectivity index (χ1v) is 8.80. The van der Waals surface area contributed by atoms with Crippen LogP contribution in [0.3, 0.4) is 0 Å². The number of rotatable bonds is 5. The zero-order valence-electron chi connectivity index (χ0n) is 14.1. The number of halogens is 1. The summed E-state index contributed by atoms with van der Waals surface area (Å²) in [4.78, 5) is 18.7. The largest absolute Gasteiger partial charge is 0.337 e. The highest BCUT2D eigenvalue weighted by atomic mass is 79.9. The van der Waals surface area contributed by atoms with Crippen molar-refractivity contribution in [1.29, 1.82) is 0 Å². The summed E-state index contributed by atoms with van der Waals surface area (Å²) < 4.78 is 6.27. The highest BCUT2D eigenvalue weighted by Gasteiger charge is 2.18. The Morgan fingerprint density at radius 3 is 2.64 bits per heavy atom. The zero-order valence-corrected chi connectivity index (χ0v) is 15.7. The van der Waals surface area contributed by atoms with Crippen LogP contribution in [0.2, 0.25) is 0 Å². The molecule has 0 bridgehead atoms. The minimum atomic E-state index is -0.0645. The molecule has 0 aliphatic carbocycles. The van der Waals surface area contributed by atoms with Crippen LogP contribution in [0.4, 0.5) is 0 Å². The Morgan fingerprint density at radius 1 is 1.20 bits per heavy atom. The Balaban J connectivity index is 1.76. The van der Waals surface area contributed by atoms with Gasteiger partial charge < -0.3 is 9.42 Å². The van der Waals surface area contributed by atoms with Crippen molar-refractivity contribution in [1.82, 2.24) is 15.0 Å². The van der Waals surface area contributed by atoms with Crippen LogP contribution in [0.5, 0.6) is 0 Å². The second-order valence-electron chi connectivity index (χ2n) is 5.71. The predicted molar refractivity (Wildman–Crippen MR) is 99.0 cm³/mol. The van der Waals surface area contributed by atoms with E-state index < -0.39 is 0 Å². The Kier molecular flexibility index (Phi) is 5.28. The van der Waals surface area contributed by atoms with Gasteiger partial charge in [-0.2, -0.15) is 4.98 Å². The highest BCUT2D eigenvalue weighted by molar-refractivity contribution is 9.10. The van der Waals surface area contributed by atoms with Gasteiger partial charge in [-0.25, -0.2) is 0 Å². The Labute approximate surface area is 154 Å². The molecule has 0 saturated carbocycles. The monoisotopic (exact) mass is 399 g/mol. The van der Waals surface area contributed by atoms with Crippen molar-refractivity contribution >= 4 is 21.8 Å². The minimum absolute atomic E-state index is 0.0645. The number of amides is 1. The van der Waals surface area contributed by atoms with Crippen molar-refractivity contribution < 1.29 is 9.32 Å². The lowest BCUT2D eigenvalue weighted by atomic mass is 10.1. The molecule has 5 nitrogen and oxygen atoms in total. The molecule has 0 saturated heterocycles. The fourth-order valence-electron chi connectivity index (χ4n) is 2.49. The minimum Gasteiger partial charge on any atom is -0.337 e. The maximum atomic E-state index is 12.6. The Hall–Kier alpha value is -2.47. The summed E-state index contributed by atoms with van der Waals surface area (Å²) in [7, 11) is 0. The van der Waals surface area contributed by atoms with Crippen molar-refractivity contribution in [3.63, 3.8) is 0 Å². The predicted octanol–water partition coefficient (Wildman–Crippen LogP) is 4.47. The molecule has 2 aromatic carbocycles. The second kappa shape index (κ2) is 7.61. The summed E-state index contributed by atoms with van der Waals surface area (Å²) in [5, 5.41) is 4.03. The lowest BCUT2D eigenvalue weighted by molar-refractivity contribution is 0.0734. The molecule has 0 spiro atoms. The van der Waals surface area contributed by atoms with Crippen molar-refractivity contribution in [2.45, 2.75) is 20.4 Å². The molecule has 1 amide bonds. The summed E-state index contributed by atoms with van der Waals surface area (Å²) in [6, 6.07) is 15.2. The SMILES string of the molecule is CCN(Cc1nc(-c2cccc(C)c2)no1)C(=O)c1ccc(Br)cc1. The lowest BCUT2D eigenvalue weighted by Crippen LogP contribution is -2.30. The molecule has 0 aliphatic heterocycles. The molecule has 0 fully saturated rings. The van der Waals surface area contributed by atoms with Crippen LogP contribution < -0.4 is 0 Å². The van der Waals surface area contributed by atoms with Crippen molar-refractivity contribution in [2.75, 3.05) is 6.54 Å². The van der Waals surface area contributed by atoms with E-state index in [2.05, 4.69) is 26.1 Å². The molecule has 1 aromatic heterocycles. The van der Waals surface area contributed by atoms with Gasteiger partial charge in [-0.3, -0.25) is 4.79 Å². The quantitative estimate of drug-likeness (QED) is 0.634. The summed E-state index contributed by atoms with van der Waals surface area (Å²) in [6.45, 7) is 4.77. The number of benzene rings is 2. The van der Waals surface area contributed by atoms with Gasteiger partial charge >= 0.3 is 0 Å². The average Bonchev–Trinajstić information content (AvgIpc) is 3.08. The number of aromatic nitrogens is 2. The van der Waals surface area contributed by atoms with Gasteiger partial charge in [0.05, 0.1) is 0 Å². The van der Waals surface area contributed by atoms with E-state index in [1.807, 2.05) is 50.2 Å². The van der Waals surface area contributed by atoms with Gasteiger partial charge in [-0.05, 0) is 44.2 Å². The van der Waals surface area contributed by atoms with Gasteiger partial charge in [-0.15, -0.1) is 0 Å². The van der Waals surface area contributed by atoms with E-state index in [0.717, 1.165) is 15.6 Å². The van der Waals surface area contributed by atoms with Crippen LogP contribution in [-0.2, 0) is 6.54 Å². The first kappa shape index (κ1) is 17.4. The molecule has 3 rings (SSSR count). The van der Waals surface area contributed by atoms with E-state index in [1.54, 1.807) is 17.0 Å². The van der Waals surface area contributed by atoms with Crippen LogP contribution in [0, 0.1) is 6.92 Å². The van der Waals surface area contributed by atoms with Crippen LogP contribution in [0.1, 0.15) is 28.7 Å². The van der Waals surface area contributed by atoms with Crippen LogP contribution >= 0.6 is 15.9 Å².